The average molecular weight is 298 g/mol. The first-order valence-corrected chi connectivity index (χ1v) is 9.16. The molecule has 4 saturated heterocycles. The molecule has 4 aliphatic rings. The Morgan fingerprint density at radius 2 is 1.29 bits per heavy atom. The molecule has 0 N–H and O–H groups in total. The molecule has 4 aliphatic heterocycles. The lowest BCUT2D eigenvalue weighted by Crippen LogP contribution is -2.34. The Morgan fingerprint density at radius 3 is 1.76 bits per heavy atom. The summed E-state index contributed by atoms with van der Waals surface area (Å²) in [6.07, 6.45) is 8.47. The van der Waals surface area contributed by atoms with E-state index in [4.69, 9.17) is 0 Å². The molecular weight excluding hydrogens is 263 g/mol. The van der Waals surface area contributed by atoms with E-state index in [9.17, 15) is 4.39 Å². The van der Waals surface area contributed by atoms with Crippen molar-refractivity contribution in [3.63, 3.8) is 0 Å². The van der Waals surface area contributed by atoms with Gasteiger partial charge in [0.25, 0.3) is 0 Å². The van der Waals surface area contributed by atoms with Gasteiger partial charge < -0.3 is 0 Å². The second kappa shape index (κ2) is 6.95. The van der Waals surface area contributed by atoms with Crippen LogP contribution in [0.2, 0.25) is 0 Å². The van der Waals surface area contributed by atoms with Gasteiger partial charge in [0.2, 0.25) is 0 Å². The van der Waals surface area contributed by atoms with E-state index in [1.807, 2.05) is 13.8 Å². The zero-order chi connectivity index (χ0) is 15.5. The normalized spacial score (nSPS) is 37.3. The summed E-state index contributed by atoms with van der Waals surface area (Å²) >= 11 is 0. The largest absolute Gasteiger partial charge is 0.298 e. The summed E-state index contributed by atoms with van der Waals surface area (Å²) in [6, 6.07) is 0. The van der Waals surface area contributed by atoms with Gasteiger partial charge in [-0.2, -0.15) is 0 Å². The maximum absolute atomic E-state index is 12.8. The van der Waals surface area contributed by atoms with Crippen LogP contribution in [0.4, 0.5) is 4.39 Å². The van der Waals surface area contributed by atoms with Gasteiger partial charge in [0, 0.05) is 17.6 Å². The first-order chi connectivity index (χ1) is 10.0. The van der Waals surface area contributed by atoms with Crippen molar-refractivity contribution < 1.29 is 4.39 Å². The summed E-state index contributed by atoms with van der Waals surface area (Å²) < 4.78 is 12.8. The fourth-order valence-electron chi connectivity index (χ4n) is 4.80. The third-order valence-corrected chi connectivity index (χ3v) is 6.04. The molecule has 2 atom stereocenters. The van der Waals surface area contributed by atoms with E-state index in [2.05, 4.69) is 23.6 Å². The van der Waals surface area contributed by atoms with Gasteiger partial charge in [0.15, 0.2) is 0 Å². The lowest BCUT2D eigenvalue weighted by atomic mass is 9.97. The number of rotatable bonds is 0. The molecule has 2 unspecified atom stereocenters. The fourth-order valence-corrected chi connectivity index (χ4v) is 4.80. The maximum Gasteiger partial charge on any atom is 0.115 e. The molecule has 0 aromatic heterocycles. The quantitative estimate of drug-likeness (QED) is 0.660. The van der Waals surface area contributed by atoms with Gasteiger partial charge >= 0.3 is 0 Å². The van der Waals surface area contributed by atoms with Crippen LogP contribution < -0.4 is 0 Å². The van der Waals surface area contributed by atoms with E-state index in [1.54, 1.807) is 0 Å². The summed E-state index contributed by atoms with van der Waals surface area (Å²) in [6.45, 7) is 13.2. The van der Waals surface area contributed by atoms with Crippen LogP contribution in [0.3, 0.4) is 0 Å². The molecule has 3 heteroatoms. The molecule has 2 nitrogen and oxygen atoms in total. The molecule has 0 saturated carbocycles. The van der Waals surface area contributed by atoms with Crippen molar-refractivity contribution in [2.75, 3.05) is 26.2 Å². The van der Waals surface area contributed by atoms with Crippen LogP contribution in [-0.4, -0.2) is 53.2 Å². The van der Waals surface area contributed by atoms with Crippen LogP contribution in [0.1, 0.15) is 72.6 Å². The van der Waals surface area contributed by atoms with Crippen molar-refractivity contribution in [2.24, 2.45) is 0 Å². The third kappa shape index (κ3) is 3.61. The van der Waals surface area contributed by atoms with Gasteiger partial charge in [-0.05, 0) is 78.4 Å². The third-order valence-electron chi connectivity index (χ3n) is 6.04. The van der Waals surface area contributed by atoms with E-state index in [0.29, 0.717) is 12.1 Å². The minimum Gasteiger partial charge on any atom is -0.298 e. The van der Waals surface area contributed by atoms with Crippen LogP contribution in [0.25, 0.3) is 0 Å². The molecule has 0 spiro atoms. The van der Waals surface area contributed by atoms with Gasteiger partial charge in [-0.1, -0.05) is 13.8 Å². The minimum absolute atomic E-state index is 0.236. The van der Waals surface area contributed by atoms with Crippen LogP contribution in [0.15, 0.2) is 0 Å². The lowest BCUT2D eigenvalue weighted by molar-refractivity contribution is 0.217. The SMILES string of the molecule is CC.CC12CCCN1CC(F)C2.CC12CCCN1CCC2. The molecule has 0 aromatic rings. The average Bonchev–Trinajstić information content (AvgIpc) is 3.11. The molecule has 0 radical (unpaired) electrons. The predicted molar refractivity (Wildman–Crippen MR) is 88.5 cm³/mol. The molecular formula is C18H35FN2. The second-order valence-electron chi connectivity index (χ2n) is 7.54. The van der Waals surface area contributed by atoms with E-state index in [0.717, 1.165) is 13.0 Å². The number of nitrogens with zero attached hydrogens (tertiary/aromatic N) is 2. The van der Waals surface area contributed by atoms with Crippen molar-refractivity contribution >= 4 is 0 Å². The van der Waals surface area contributed by atoms with Gasteiger partial charge in [0.1, 0.15) is 6.17 Å². The Labute approximate surface area is 131 Å². The van der Waals surface area contributed by atoms with Gasteiger partial charge in [-0.3, -0.25) is 9.80 Å². The Bertz CT molecular complexity index is 323. The number of halogens is 1. The maximum atomic E-state index is 12.8. The van der Waals surface area contributed by atoms with E-state index in [-0.39, 0.29) is 5.54 Å². The highest BCUT2D eigenvalue weighted by Crippen LogP contribution is 2.39. The Morgan fingerprint density at radius 1 is 0.810 bits per heavy atom. The standard InChI is InChI=1S/C8H14FN.C8H15N.C2H6/c1-8-3-2-4-10(8)6-7(9)5-8;1-8-4-2-6-9(8)7-3-5-8;1-2/h7H,2-6H2,1H3;2-7H2,1H3;1-2H3. The zero-order valence-electron chi connectivity index (χ0n) is 14.6. The first kappa shape index (κ1) is 17.2. The summed E-state index contributed by atoms with van der Waals surface area (Å²) in [7, 11) is 0. The topological polar surface area (TPSA) is 6.48 Å². The summed E-state index contributed by atoms with van der Waals surface area (Å²) in [4.78, 5) is 4.96. The fraction of sp³-hybridized carbons (Fsp3) is 1.00. The zero-order valence-corrected chi connectivity index (χ0v) is 14.6. The summed E-state index contributed by atoms with van der Waals surface area (Å²) in [5, 5.41) is 0. The van der Waals surface area contributed by atoms with E-state index in [1.165, 1.54) is 51.6 Å². The highest BCUT2D eigenvalue weighted by atomic mass is 19.1. The monoisotopic (exact) mass is 298 g/mol. The lowest BCUT2D eigenvalue weighted by Gasteiger charge is -2.26. The number of alkyl halides is 1. The van der Waals surface area contributed by atoms with Crippen molar-refractivity contribution in [1.82, 2.24) is 9.80 Å². The molecule has 0 aromatic carbocycles. The number of hydrogen-bond donors (Lipinski definition) is 0. The highest BCUT2D eigenvalue weighted by Gasteiger charge is 2.44. The highest BCUT2D eigenvalue weighted by molar-refractivity contribution is 5.00. The van der Waals surface area contributed by atoms with E-state index >= 15 is 0 Å². The molecule has 124 valence electrons. The summed E-state index contributed by atoms with van der Waals surface area (Å²) in [5.41, 5.74) is 0.874. The first-order valence-electron chi connectivity index (χ1n) is 9.16. The van der Waals surface area contributed by atoms with E-state index < -0.39 is 6.17 Å². The predicted octanol–water partition coefficient (Wildman–Crippen LogP) is 4.24. The molecule has 0 amide bonds. The van der Waals surface area contributed by atoms with Gasteiger partial charge in [-0.25, -0.2) is 4.39 Å². The van der Waals surface area contributed by atoms with Crippen molar-refractivity contribution in [1.29, 1.82) is 0 Å². The smallest absolute Gasteiger partial charge is 0.115 e. The van der Waals surface area contributed by atoms with Crippen LogP contribution in [-0.2, 0) is 0 Å². The Kier molecular flexibility index (Phi) is 5.70. The minimum atomic E-state index is -0.551. The molecule has 4 rings (SSSR count). The Balaban J connectivity index is 0.000000138. The Hall–Kier alpha value is -0.150. The van der Waals surface area contributed by atoms with Crippen LogP contribution in [0.5, 0.6) is 0 Å². The van der Waals surface area contributed by atoms with Gasteiger partial charge in [-0.15, -0.1) is 0 Å². The number of fused-ring (bicyclic) bond motifs is 2. The van der Waals surface area contributed by atoms with Crippen LogP contribution >= 0.6 is 0 Å². The van der Waals surface area contributed by atoms with Crippen molar-refractivity contribution in [3.05, 3.63) is 0 Å². The van der Waals surface area contributed by atoms with Crippen molar-refractivity contribution in [2.45, 2.75) is 89.9 Å². The molecule has 0 bridgehead atoms. The summed E-state index contributed by atoms with van der Waals surface area (Å²) in [5.74, 6) is 0. The molecule has 4 heterocycles. The van der Waals surface area contributed by atoms with Gasteiger partial charge in [0.05, 0.1) is 0 Å². The van der Waals surface area contributed by atoms with Crippen LogP contribution in [0, 0.1) is 0 Å². The second-order valence-corrected chi connectivity index (χ2v) is 7.54. The molecule has 4 fully saturated rings. The molecule has 21 heavy (non-hydrogen) atoms. The molecule has 0 aliphatic carbocycles. The van der Waals surface area contributed by atoms with Crippen molar-refractivity contribution in [3.8, 4) is 0 Å². The number of hydrogen-bond acceptors (Lipinski definition) is 2.